The minimum atomic E-state index is -2.80. The molecule has 1 saturated heterocycles. The lowest BCUT2D eigenvalue weighted by molar-refractivity contribution is -0.00545. The first-order valence-electron chi connectivity index (χ1n) is 12.8. The van der Waals surface area contributed by atoms with Crippen molar-refractivity contribution < 1.29 is 18.3 Å². The van der Waals surface area contributed by atoms with Gasteiger partial charge < -0.3 is 15.0 Å². The van der Waals surface area contributed by atoms with E-state index < -0.39 is 18.0 Å². The van der Waals surface area contributed by atoms with Gasteiger partial charge in [0.05, 0.1) is 30.1 Å². The Balaban J connectivity index is 1.38. The van der Waals surface area contributed by atoms with Gasteiger partial charge in [0, 0.05) is 25.5 Å². The molecular formula is C25H33F2N7O2. The molecule has 11 heteroatoms. The molecule has 0 radical (unpaired) electrons. The minimum Gasteiger partial charge on any atom is -0.372 e. The van der Waals surface area contributed by atoms with Crippen LogP contribution in [0.25, 0.3) is 5.65 Å². The van der Waals surface area contributed by atoms with Crippen molar-refractivity contribution in [3.8, 4) is 0 Å². The number of nitrogens with one attached hydrogen (secondary N) is 1. The molecule has 1 amide bonds. The third-order valence-electron chi connectivity index (χ3n) is 7.33. The van der Waals surface area contributed by atoms with Crippen LogP contribution >= 0.6 is 0 Å². The highest BCUT2D eigenvalue weighted by Crippen LogP contribution is 2.36. The Bertz CT molecular complexity index is 1210. The first-order valence-corrected chi connectivity index (χ1v) is 12.8. The maximum atomic E-state index is 13.8. The maximum absolute atomic E-state index is 13.8. The van der Waals surface area contributed by atoms with E-state index >= 15 is 0 Å². The van der Waals surface area contributed by atoms with Crippen molar-refractivity contribution in [1.82, 2.24) is 24.4 Å². The van der Waals surface area contributed by atoms with E-state index in [1.54, 1.807) is 10.9 Å². The summed E-state index contributed by atoms with van der Waals surface area (Å²) in [6, 6.07) is 1.91. The van der Waals surface area contributed by atoms with Gasteiger partial charge in [0.25, 0.3) is 12.3 Å². The lowest BCUT2D eigenvalue weighted by Crippen LogP contribution is -2.45. The van der Waals surface area contributed by atoms with E-state index in [0.29, 0.717) is 30.5 Å². The molecule has 1 aliphatic carbocycles. The predicted octanol–water partition coefficient (Wildman–Crippen LogP) is 4.87. The molecule has 36 heavy (non-hydrogen) atoms. The zero-order chi connectivity index (χ0) is 25.4. The molecule has 0 unspecified atom stereocenters. The number of ether oxygens (including phenoxy) is 1. The number of hydrogen-bond acceptors (Lipinski definition) is 6. The number of anilines is 2. The summed E-state index contributed by atoms with van der Waals surface area (Å²) in [6.07, 6.45) is 7.05. The molecule has 0 spiro atoms. The summed E-state index contributed by atoms with van der Waals surface area (Å²) < 4.78 is 36.6. The van der Waals surface area contributed by atoms with Gasteiger partial charge in [-0.15, -0.1) is 0 Å². The van der Waals surface area contributed by atoms with Gasteiger partial charge in [0.2, 0.25) is 0 Å². The second-order valence-corrected chi connectivity index (χ2v) is 10.0. The molecule has 1 saturated carbocycles. The second kappa shape index (κ2) is 10.1. The Labute approximate surface area is 208 Å². The van der Waals surface area contributed by atoms with Gasteiger partial charge in [-0.05, 0) is 51.5 Å². The molecule has 3 aromatic rings. The number of carbonyl (C=O) groups is 1. The number of nitrogens with zero attached hydrogens (tertiary/aromatic N) is 6. The molecule has 1 N–H and O–H groups in total. The minimum absolute atomic E-state index is 0.0268. The van der Waals surface area contributed by atoms with Crippen LogP contribution < -0.4 is 10.2 Å². The van der Waals surface area contributed by atoms with E-state index in [9.17, 15) is 13.6 Å². The van der Waals surface area contributed by atoms with Crippen molar-refractivity contribution in [2.45, 2.75) is 77.6 Å². The smallest absolute Gasteiger partial charge is 0.284 e. The third-order valence-corrected chi connectivity index (χ3v) is 7.33. The number of morpholine rings is 1. The summed E-state index contributed by atoms with van der Waals surface area (Å²) in [5, 5.41) is 11.0. The molecule has 0 bridgehead atoms. The van der Waals surface area contributed by atoms with Crippen molar-refractivity contribution in [1.29, 1.82) is 0 Å². The van der Waals surface area contributed by atoms with Gasteiger partial charge in [-0.2, -0.15) is 10.2 Å². The highest BCUT2D eigenvalue weighted by atomic mass is 19.3. The van der Waals surface area contributed by atoms with Crippen LogP contribution in [0.2, 0.25) is 0 Å². The van der Waals surface area contributed by atoms with Crippen LogP contribution in [0.5, 0.6) is 0 Å². The quantitative estimate of drug-likeness (QED) is 0.518. The SMILES string of the molecule is CCC1CCC(n2cc(NC(=O)c3cnn4ccc(N5C[C@@H](C)O[C@H](C)C5)nc34)c(C(F)F)n2)CC1. The Morgan fingerprint density at radius 3 is 2.58 bits per heavy atom. The topological polar surface area (TPSA) is 89.6 Å². The number of hydrogen-bond donors (Lipinski definition) is 1. The fraction of sp³-hybridized carbons (Fsp3) is 0.600. The largest absolute Gasteiger partial charge is 0.372 e. The van der Waals surface area contributed by atoms with E-state index in [-0.39, 0.29) is 29.5 Å². The summed E-state index contributed by atoms with van der Waals surface area (Å²) in [6.45, 7) is 7.56. The number of carbonyl (C=O) groups excluding carboxylic acids is 1. The van der Waals surface area contributed by atoms with Crippen LogP contribution in [0.1, 0.15) is 81.4 Å². The molecule has 0 aromatic carbocycles. The number of aromatic nitrogens is 5. The van der Waals surface area contributed by atoms with Crippen LogP contribution in [0, 0.1) is 5.92 Å². The molecule has 4 heterocycles. The van der Waals surface area contributed by atoms with Crippen molar-refractivity contribution in [2.24, 2.45) is 5.92 Å². The van der Waals surface area contributed by atoms with E-state index in [4.69, 9.17) is 4.74 Å². The molecule has 2 atom stereocenters. The number of fused-ring (bicyclic) bond motifs is 1. The van der Waals surface area contributed by atoms with Crippen LogP contribution in [0.4, 0.5) is 20.3 Å². The molecule has 5 rings (SSSR count). The zero-order valence-electron chi connectivity index (χ0n) is 20.9. The molecule has 3 aromatic heterocycles. The van der Waals surface area contributed by atoms with Crippen molar-refractivity contribution in [3.63, 3.8) is 0 Å². The highest BCUT2D eigenvalue weighted by Gasteiger charge is 2.28. The van der Waals surface area contributed by atoms with Gasteiger partial charge >= 0.3 is 0 Å². The van der Waals surface area contributed by atoms with Crippen LogP contribution in [0.3, 0.4) is 0 Å². The van der Waals surface area contributed by atoms with E-state index in [0.717, 1.165) is 32.1 Å². The zero-order valence-corrected chi connectivity index (χ0v) is 20.9. The van der Waals surface area contributed by atoms with Crippen LogP contribution in [0.15, 0.2) is 24.7 Å². The Morgan fingerprint density at radius 2 is 1.92 bits per heavy atom. The second-order valence-electron chi connectivity index (χ2n) is 10.0. The van der Waals surface area contributed by atoms with Crippen LogP contribution in [-0.2, 0) is 4.74 Å². The van der Waals surface area contributed by atoms with E-state index in [1.165, 1.54) is 16.9 Å². The summed E-state index contributed by atoms with van der Waals surface area (Å²) in [5.41, 5.74) is 0.185. The standard InChI is InChI=1S/C25H33F2N7O2/c1-4-17-5-7-18(8-6-17)34-14-20(22(31-34)23(26)27)29-25(35)19-11-28-33-10-9-21(30-24(19)33)32-12-15(2)36-16(3)13-32/h9-11,14-18,23H,4-8,12-13H2,1-3H3,(H,29,35)/t15-,16-,17?,18?/m1/s1. The first-order chi connectivity index (χ1) is 17.3. The number of halogens is 2. The summed E-state index contributed by atoms with van der Waals surface area (Å²) in [5.74, 6) is 0.847. The van der Waals surface area contributed by atoms with Gasteiger partial charge in [-0.25, -0.2) is 18.3 Å². The predicted molar refractivity (Wildman–Crippen MR) is 132 cm³/mol. The lowest BCUT2D eigenvalue weighted by Gasteiger charge is -2.36. The highest BCUT2D eigenvalue weighted by molar-refractivity contribution is 6.08. The van der Waals surface area contributed by atoms with Crippen molar-refractivity contribution in [2.75, 3.05) is 23.3 Å². The fourth-order valence-electron chi connectivity index (χ4n) is 5.42. The Kier molecular flexibility index (Phi) is 6.92. The lowest BCUT2D eigenvalue weighted by atomic mass is 9.85. The molecule has 194 valence electrons. The molecule has 2 aliphatic rings. The average Bonchev–Trinajstić information content (AvgIpc) is 3.47. The Morgan fingerprint density at radius 1 is 1.19 bits per heavy atom. The van der Waals surface area contributed by atoms with E-state index in [2.05, 4.69) is 32.3 Å². The summed E-state index contributed by atoms with van der Waals surface area (Å²) >= 11 is 0. The molecule has 2 fully saturated rings. The number of alkyl halides is 2. The third kappa shape index (κ3) is 4.93. The fourth-order valence-corrected chi connectivity index (χ4v) is 5.42. The maximum Gasteiger partial charge on any atom is 0.284 e. The average molecular weight is 502 g/mol. The molecule has 1 aliphatic heterocycles. The van der Waals surface area contributed by atoms with E-state index in [1.807, 2.05) is 19.9 Å². The number of rotatable bonds is 6. The normalized spacial score (nSPS) is 25.0. The molecular weight excluding hydrogens is 468 g/mol. The Hall–Kier alpha value is -3.08. The van der Waals surface area contributed by atoms with Gasteiger partial charge in [0.15, 0.2) is 11.3 Å². The monoisotopic (exact) mass is 501 g/mol. The van der Waals surface area contributed by atoms with Gasteiger partial charge in [0.1, 0.15) is 11.4 Å². The van der Waals surface area contributed by atoms with Crippen molar-refractivity contribution in [3.05, 3.63) is 35.9 Å². The van der Waals surface area contributed by atoms with Crippen molar-refractivity contribution >= 4 is 23.1 Å². The van der Waals surface area contributed by atoms with Gasteiger partial charge in [-0.3, -0.25) is 9.48 Å². The summed E-state index contributed by atoms with van der Waals surface area (Å²) in [4.78, 5) is 20.0. The number of amides is 1. The van der Waals surface area contributed by atoms with Gasteiger partial charge in [-0.1, -0.05) is 13.3 Å². The van der Waals surface area contributed by atoms with Crippen LogP contribution in [-0.4, -0.2) is 55.6 Å². The molecule has 9 nitrogen and oxygen atoms in total. The summed E-state index contributed by atoms with van der Waals surface area (Å²) in [7, 11) is 0. The first kappa shape index (κ1) is 24.6.